The molecule has 4 nitrogen and oxygen atoms in total. The van der Waals surface area contributed by atoms with E-state index in [1.54, 1.807) is 0 Å². The van der Waals surface area contributed by atoms with E-state index in [4.69, 9.17) is 10.8 Å². The summed E-state index contributed by atoms with van der Waals surface area (Å²) in [5.41, 5.74) is 9.91. The summed E-state index contributed by atoms with van der Waals surface area (Å²) < 4.78 is 0. The Balaban J connectivity index is 2.48. The molecule has 0 amide bonds. The van der Waals surface area contributed by atoms with Gasteiger partial charge in [0.2, 0.25) is 0 Å². The van der Waals surface area contributed by atoms with Gasteiger partial charge in [0.25, 0.3) is 0 Å². The number of aliphatic carboxylic acids is 1. The lowest BCUT2D eigenvalue weighted by Gasteiger charge is -2.07. The lowest BCUT2D eigenvalue weighted by molar-refractivity contribution is -0.138. The molecule has 0 aliphatic heterocycles. The molecule has 0 bridgehead atoms. The molecule has 0 aliphatic rings. The number of fused-ring (bicyclic) bond motifs is 1. The number of hydrogen-bond donors (Lipinski definition) is 3. The summed E-state index contributed by atoms with van der Waals surface area (Å²) in [7, 11) is 0. The van der Waals surface area contributed by atoms with Crippen molar-refractivity contribution in [2.24, 2.45) is 5.73 Å². The van der Waals surface area contributed by atoms with Gasteiger partial charge >= 0.3 is 5.97 Å². The van der Waals surface area contributed by atoms with E-state index in [0.717, 1.165) is 28.6 Å². The second-order valence-corrected chi connectivity index (χ2v) is 4.61. The molecule has 0 spiro atoms. The summed E-state index contributed by atoms with van der Waals surface area (Å²) in [4.78, 5) is 14.1. The van der Waals surface area contributed by atoms with E-state index in [1.165, 1.54) is 5.56 Å². The highest BCUT2D eigenvalue weighted by Gasteiger charge is 2.17. The first-order valence-corrected chi connectivity index (χ1v) is 6.11. The average Bonchev–Trinajstić information content (AvgIpc) is 2.65. The zero-order valence-electron chi connectivity index (χ0n) is 10.7. The van der Waals surface area contributed by atoms with Crippen LogP contribution >= 0.6 is 0 Å². The Bertz CT molecular complexity index is 587. The number of hydrogen-bond acceptors (Lipinski definition) is 2. The third-order valence-corrected chi connectivity index (χ3v) is 3.33. The molecule has 4 N–H and O–H groups in total. The van der Waals surface area contributed by atoms with Crippen LogP contribution < -0.4 is 5.73 Å². The van der Waals surface area contributed by atoms with Crippen LogP contribution in [0.15, 0.2) is 18.2 Å². The molecule has 1 heterocycles. The Labute approximate surface area is 106 Å². The van der Waals surface area contributed by atoms with E-state index in [-0.39, 0.29) is 0 Å². The van der Waals surface area contributed by atoms with Crippen LogP contribution in [0.25, 0.3) is 10.9 Å². The molecule has 0 fully saturated rings. The van der Waals surface area contributed by atoms with Gasteiger partial charge in [-0.25, -0.2) is 0 Å². The van der Waals surface area contributed by atoms with E-state index in [0.29, 0.717) is 6.42 Å². The van der Waals surface area contributed by atoms with Gasteiger partial charge in [-0.1, -0.05) is 13.0 Å². The second-order valence-electron chi connectivity index (χ2n) is 4.61. The molecule has 0 saturated heterocycles. The van der Waals surface area contributed by atoms with Gasteiger partial charge in [-0.05, 0) is 36.6 Å². The molecule has 1 aromatic carbocycles. The quantitative estimate of drug-likeness (QED) is 0.772. The average molecular weight is 246 g/mol. The topological polar surface area (TPSA) is 79.1 Å². The van der Waals surface area contributed by atoms with Crippen LogP contribution in [0, 0.1) is 6.92 Å². The van der Waals surface area contributed by atoms with Crippen molar-refractivity contribution in [2.45, 2.75) is 32.7 Å². The van der Waals surface area contributed by atoms with E-state index >= 15 is 0 Å². The molecule has 4 heteroatoms. The minimum Gasteiger partial charge on any atom is -0.480 e. The highest BCUT2D eigenvalue weighted by atomic mass is 16.4. The van der Waals surface area contributed by atoms with Gasteiger partial charge in [-0.2, -0.15) is 0 Å². The summed E-state index contributed by atoms with van der Waals surface area (Å²) in [5, 5.41) is 10.00. The summed E-state index contributed by atoms with van der Waals surface area (Å²) in [6.07, 6.45) is 1.32. The number of nitrogens with one attached hydrogen (secondary N) is 1. The standard InChI is InChI=1S/C14H18N2O2/c1-3-9-4-5-13-11(6-9)10(8(2)16-13)7-12(15)14(17)18/h4-6,12,16H,3,7,15H2,1-2H3,(H,17,18). The maximum absolute atomic E-state index is 10.9. The number of aromatic nitrogens is 1. The van der Waals surface area contributed by atoms with E-state index in [1.807, 2.05) is 13.0 Å². The van der Waals surface area contributed by atoms with Gasteiger partial charge in [-0.3, -0.25) is 4.79 Å². The Morgan fingerprint density at radius 3 is 2.83 bits per heavy atom. The Morgan fingerprint density at radius 1 is 1.50 bits per heavy atom. The number of carboxylic acid groups (broad SMARTS) is 1. The van der Waals surface area contributed by atoms with Crippen LogP contribution in [-0.2, 0) is 17.6 Å². The third-order valence-electron chi connectivity index (χ3n) is 3.33. The molecule has 1 atom stereocenters. The Hall–Kier alpha value is -1.81. The smallest absolute Gasteiger partial charge is 0.320 e. The maximum atomic E-state index is 10.9. The van der Waals surface area contributed by atoms with Crippen molar-refractivity contribution in [2.75, 3.05) is 0 Å². The summed E-state index contributed by atoms with van der Waals surface area (Å²) in [5.74, 6) is -0.963. The Kier molecular flexibility index (Phi) is 3.39. The molecule has 18 heavy (non-hydrogen) atoms. The number of H-pyrrole nitrogens is 1. The summed E-state index contributed by atoms with van der Waals surface area (Å²) >= 11 is 0. The predicted octanol–water partition coefficient (Wildman–Crippen LogP) is 1.99. The highest BCUT2D eigenvalue weighted by molar-refractivity contribution is 5.86. The van der Waals surface area contributed by atoms with Crippen molar-refractivity contribution in [1.82, 2.24) is 4.98 Å². The van der Waals surface area contributed by atoms with Gasteiger partial charge in [0.15, 0.2) is 0 Å². The lowest BCUT2D eigenvalue weighted by atomic mass is 10.0. The monoisotopic (exact) mass is 246 g/mol. The zero-order valence-corrected chi connectivity index (χ0v) is 10.7. The largest absolute Gasteiger partial charge is 0.480 e. The van der Waals surface area contributed by atoms with E-state index in [9.17, 15) is 4.79 Å². The number of carbonyl (C=O) groups is 1. The van der Waals surface area contributed by atoms with Crippen molar-refractivity contribution < 1.29 is 9.90 Å². The fourth-order valence-corrected chi connectivity index (χ4v) is 2.22. The number of aromatic amines is 1. The molecule has 1 unspecified atom stereocenters. The van der Waals surface area contributed by atoms with Crippen molar-refractivity contribution >= 4 is 16.9 Å². The zero-order chi connectivity index (χ0) is 13.3. The minimum atomic E-state index is -0.963. The van der Waals surface area contributed by atoms with Crippen LogP contribution in [0.3, 0.4) is 0 Å². The third kappa shape index (κ3) is 2.24. The first kappa shape index (κ1) is 12.6. The Morgan fingerprint density at radius 2 is 2.22 bits per heavy atom. The second kappa shape index (κ2) is 4.82. The first-order valence-electron chi connectivity index (χ1n) is 6.11. The van der Waals surface area contributed by atoms with Crippen molar-refractivity contribution in [3.8, 4) is 0 Å². The van der Waals surface area contributed by atoms with Crippen molar-refractivity contribution in [1.29, 1.82) is 0 Å². The fourth-order valence-electron chi connectivity index (χ4n) is 2.22. The summed E-state index contributed by atoms with van der Waals surface area (Å²) in [6, 6.07) is 5.38. The maximum Gasteiger partial charge on any atom is 0.320 e. The highest BCUT2D eigenvalue weighted by Crippen LogP contribution is 2.24. The van der Waals surface area contributed by atoms with Gasteiger partial charge in [0.1, 0.15) is 6.04 Å². The SMILES string of the molecule is CCc1ccc2[nH]c(C)c(CC(N)C(=O)O)c2c1. The van der Waals surface area contributed by atoms with Gasteiger partial charge in [0.05, 0.1) is 0 Å². The van der Waals surface area contributed by atoms with Crippen LogP contribution in [-0.4, -0.2) is 22.1 Å². The normalized spacial score (nSPS) is 12.8. The number of benzene rings is 1. The number of nitrogens with two attached hydrogens (primary N) is 1. The van der Waals surface area contributed by atoms with E-state index < -0.39 is 12.0 Å². The lowest BCUT2D eigenvalue weighted by Crippen LogP contribution is -2.32. The van der Waals surface area contributed by atoms with Crippen LogP contribution in [0.5, 0.6) is 0 Å². The molecule has 0 radical (unpaired) electrons. The molecule has 2 rings (SSSR count). The molecule has 0 aliphatic carbocycles. The minimum absolute atomic E-state index is 0.355. The van der Waals surface area contributed by atoms with Crippen LogP contribution in [0.1, 0.15) is 23.7 Å². The molecule has 2 aromatic rings. The van der Waals surface area contributed by atoms with Crippen LogP contribution in [0.2, 0.25) is 0 Å². The summed E-state index contributed by atoms with van der Waals surface area (Å²) in [6.45, 7) is 4.05. The molecule has 96 valence electrons. The van der Waals surface area contributed by atoms with E-state index in [2.05, 4.69) is 24.0 Å². The molecular weight excluding hydrogens is 228 g/mol. The first-order chi connectivity index (χ1) is 8.52. The van der Waals surface area contributed by atoms with Crippen molar-refractivity contribution in [3.63, 3.8) is 0 Å². The predicted molar refractivity (Wildman–Crippen MR) is 71.7 cm³/mol. The molecule has 1 aromatic heterocycles. The molecular formula is C14H18N2O2. The van der Waals surface area contributed by atoms with Gasteiger partial charge < -0.3 is 15.8 Å². The number of carboxylic acids is 1. The fraction of sp³-hybridized carbons (Fsp3) is 0.357. The van der Waals surface area contributed by atoms with Gasteiger partial charge in [-0.15, -0.1) is 0 Å². The van der Waals surface area contributed by atoms with Crippen LogP contribution in [0.4, 0.5) is 0 Å². The number of aryl methyl sites for hydroxylation is 2. The van der Waals surface area contributed by atoms with Crippen molar-refractivity contribution in [3.05, 3.63) is 35.0 Å². The number of rotatable bonds is 4. The van der Waals surface area contributed by atoms with Gasteiger partial charge in [0, 0.05) is 23.0 Å². The molecule has 0 saturated carbocycles.